The van der Waals surface area contributed by atoms with Crippen LogP contribution in [0, 0.1) is 0 Å². The number of rotatable bonds is 9. The van der Waals surface area contributed by atoms with Gasteiger partial charge in [-0.25, -0.2) is 0 Å². The minimum atomic E-state index is -0.113. The van der Waals surface area contributed by atoms with Gasteiger partial charge in [0, 0.05) is 19.4 Å². The maximum atomic E-state index is 12.1. The lowest BCUT2D eigenvalue weighted by molar-refractivity contribution is -0.121. The second kappa shape index (κ2) is 9.86. The standard InChI is InChI=1S/C20H25ClN2O2S/c1-4-14-5-7-15(8-6-14)16(23(2)3)13-22-20(25)12-9-17(24)18-10-11-19(21)26-18/h5-8,10-11,16H,4,9,12-13H2,1-3H3,(H,22,25). The average Bonchev–Trinajstić information content (AvgIpc) is 3.06. The summed E-state index contributed by atoms with van der Waals surface area (Å²) in [6.07, 6.45) is 1.39. The van der Waals surface area contributed by atoms with Crippen LogP contribution in [-0.2, 0) is 11.2 Å². The van der Waals surface area contributed by atoms with Gasteiger partial charge in [0.2, 0.25) is 5.91 Å². The quantitative estimate of drug-likeness (QED) is 0.645. The van der Waals surface area contributed by atoms with Gasteiger partial charge in [0.05, 0.1) is 15.3 Å². The molecule has 1 unspecified atom stereocenters. The van der Waals surface area contributed by atoms with Crippen molar-refractivity contribution in [1.82, 2.24) is 10.2 Å². The first-order valence-electron chi connectivity index (χ1n) is 8.71. The van der Waals surface area contributed by atoms with Gasteiger partial charge in [-0.3, -0.25) is 9.59 Å². The molecule has 1 aromatic carbocycles. The third-order valence-electron chi connectivity index (χ3n) is 4.32. The molecule has 0 saturated carbocycles. The van der Waals surface area contributed by atoms with Gasteiger partial charge < -0.3 is 10.2 Å². The van der Waals surface area contributed by atoms with Gasteiger partial charge in [-0.1, -0.05) is 42.8 Å². The van der Waals surface area contributed by atoms with Crippen LogP contribution < -0.4 is 5.32 Å². The Morgan fingerprint density at radius 3 is 2.35 bits per heavy atom. The van der Waals surface area contributed by atoms with Crippen LogP contribution >= 0.6 is 22.9 Å². The zero-order valence-corrected chi connectivity index (χ0v) is 17.0. The summed E-state index contributed by atoms with van der Waals surface area (Å²) in [5, 5.41) is 2.95. The number of hydrogen-bond acceptors (Lipinski definition) is 4. The van der Waals surface area contributed by atoms with Crippen molar-refractivity contribution in [2.45, 2.75) is 32.2 Å². The molecule has 0 aliphatic rings. The third kappa shape index (κ3) is 5.94. The molecule has 4 nitrogen and oxygen atoms in total. The highest BCUT2D eigenvalue weighted by atomic mass is 35.5. The fraction of sp³-hybridized carbons (Fsp3) is 0.400. The molecule has 1 atom stereocenters. The summed E-state index contributed by atoms with van der Waals surface area (Å²) in [6, 6.07) is 12.0. The maximum Gasteiger partial charge on any atom is 0.220 e. The average molecular weight is 393 g/mol. The minimum Gasteiger partial charge on any atom is -0.354 e. The number of likely N-dealkylation sites (N-methyl/N-ethyl adjacent to an activating group) is 1. The van der Waals surface area contributed by atoms with Gasteiger partial charge in [0.25, 0.3) is 0 Å². The van der Waals surface area contributed by atoms with E-state index in [1.165, 1.54) is 16.9 Å². The number of halogens is 1. The van der Waals surface area contributed by atoms with Crippen LogP contribution in [0.5, 0.6) is 0 Å². The predicted octanol–water partition coefficient (Wildman–Crippen LogP) is 4.35. The van der Waals surface area contributed by atoms with E-state index in [0.717, 1.165) is 12.0 Å². The van der Waals surface area contributed by atoms with Crippen molar-refractivity contribution >= 4 is 34.6 Å². The lowest BCUT2D eigenvalue weighted by Crippen LogP contribution is -2.34. The summed E-state index contributed by atoms with van der Waals surface area (Å²) >= 11 is 7.09. The monoisotopic (exact) mass is 392 g/mol. The zero-order valence-electron chi connectivity index (χ0n) is 15.4. The SMILES string of the molecule is CCc1ccc(C(CNC(=O)CCC(=O)c2ccc(Cl)s2)N(C)C)cc1. The number of carbonyl (C=O) groups excluding carboxylic acids is 2. The molecule has 0 saturated heterocycles. The summed E-state index contributed by atoms with van der Waals surface area (Å²) in [7, 11) is 3.99. The van der Waals surface area contributed by atoms with Crippen LogP contribution in [0.1, 0.15) is 46.6 Å². The van der Waals surface area contributed by atoms with Crippen molar-refractivity contribution in [1.29, 1.82) is 0 Å². The molecule has 0 aliphatic carbocycles. The highest BCUT2D eigenvalue weighted by Gasteiger charge is 2.16. The molecule has 1 N–H and O–H groups in total. The Morgan fingerprint density at radius 1 is 1.12 bits per heavy atom. The molecular formula is C20H25ClN2O2S. The molecule has 1 heterocycles. The number of nitrogens with one attached hydrogen (secondary N) is 1. The van der Waals surface area contributed by atoms with E-state index >= 15 is 0 Å². The molecular weight excluding hydrogens is 368 g/mol. The Kier molecular flexibility index (Phi) is 7.82. The molecule has 140 valence electrons. The van der Waals surface area contributed by atoms with E-state index in [-0.39, 0.29) is 30.6 Å². The predicted molar refractivity (Wildman–Crippen MR) is 108 cm³/mol. The summed E-state index contributed by atoms with van der Waals surface area (Å²) in [5.41, 5.74) is 2.46. The van der Waals surface area contributed by atoms with E-state index < -0.39 is 0 Å². The molecule has 0 spiro atoms. The van der Waals surface area contributed by atoms with Crippen LogP contribution in [0.4, 0.5) is 0 Å². The topological polar surface area (TPSA) is 49.4 Å². The Bertz CT molecular complexity index is 741. The van der Waals surface area contributed by atoms with E-state index in [1.807, 2.05) is 14.1 Å². The van der Waals surface area contributed by atoms with E-state index in [1.54, 1.807) is 12.1 Å². The molecule has 0 radical (unpaired) electrons. The van der Waals surface area contributed by atoms with E-state index in [2.05, 4.69) is 41.4 Å². The number of Topliss-reactive ketones (excluding diaryl/α,β-unsaturated/α-hetero) is 1. The highest BCUT2D eigenvalue weighted by Crippen LogP contribution is 2.23. The van der Waals surface area contributed by atoms with Gasteiger partial charge in [-0.2, -0.15) is 0 Å². The molecule has 2 rings (SSSR count). The summed E-state index contributed by atoms with van der Waals surface area (Å²) in [4.78, 5) is 26.9. The van der Waals surface area contributed by atoms with Crippen molar-refractivity contribution in [3.05, 3.63) is 56.7 Å². The van der Waals surface area contributed by atoms with Crippen LogP contribution in [0.25, 0.3) is 0 Å². The van der Waals surface area contributed by atoms with E-state index in [0.29, 0.717) is 15.8 Å². The first kappa shape index (κ1) is 20.6. The van der Waals surface area contributed by atoms with Gasteiger partial charge in [-0.05, 0) is 43.8 Å². The molecule has 1 aromatic heterocycles. The molecule has 0 bridgehead atoms. The zero-order chi connectivity index (χ0) is 19.1. The van der Waals surface area contributed by atoms with Crippen LogP contribution in [0.15, 0.2) is 36.4 Å². The number of benzene rings is 1. The molecule has 26 heavy (non-hydrogen) atoms. The second-order valence-corrected chi connectivity index (χ2v) is 8.12. The fourth-order valence-corrected chi connectivity index (χ4v) is 3.70. The minimum absolute atomic E-state index is 0.0450. The Morgan fingerprint density at radius 2 is 1.81 bits per heavy atom. The number of ketones is 1. The van der Waals surface area contributed by atoms with Gasteiger partial charge in [-0.15, -0.1) is 11.3 Å². The number of amides is 1. The van der Waals surface area contributed by atoms with Gasteiger partial charge in [0.15, 0.2) is 5.78 Å². The van der Waals surface area contributed by atoms with Crippen LogP contribution in [0.2, 0.25) is 4.34 Å². The Labute approximate surface area is 164 Å². The largest absolute Gasteiger partial charge is 0.354 e. The summed E-state index contributed by atoms with van der Waals surface area (Å²) in [6.45, 7) is 2.64. The lowest BCUT2D eigenvalue weighted by atomic mass is 10.0. The number of nitrogens with zero attached hydrogens (tertiary/aromatic N) is 1. The van der Waals surface area contributed by atoms with Crippen molar-refractivity contribution in [2.24, 2.45) is 0 Å². The number of hydrogen-bond donors (Lipinski definition) is 1. The number of aryl methyl sites for hydroxylation is 1. The number of carbonyl (C=O) groups is 2. The van der Waals surface area contributed by atoms with Gasteiger partial charge in [0.1, 0.15) is 0 Å². The molecule has 6 heteroatoms. The van der Waals surface area contributed by atoms with Crippen LogP contribution in [-0.4, -0.2) is 37.2 Å². The van der Waals surface area contributed by atoms with Gasteiger partial charge >= 0.3 is 0 Å². The number of thiophene rings is 1. The first-order chi connectivity index (χ1) is 12.4. The maximum absolute atomic E-state index is 12.1. The van der Waals surface area contributed by atoms with Crippen molar-refractivity contribution in [3.63, 3.8) is 0 Å². The molecule has 0 fully saturated rings. The van der Waals surface area contributed by atoms with Crippen molar-refractivity contribution in [3.8, 4) is 0 Å². The highest BCUT2D eigenvalue weighted by molar-refractivity contribution is 7.18. The Balaban J connectivity index is 1.85. The Hall–Kier alpha value is -1.69. The van der Waals surface area contributed by atoms with E-state index in [4.69, 9.17) is 11.6 Å². The van der Waals surface area contributed by atoms with Crippen molar-refractivity contribution < 1.29 is 9.59 Å². The first-order valence-corrected chi connectivity index (χ1v) is 9.90. The third-order valence-corrected chi connectivity index (χ3v) is 5.59. The van der Waals surface area contributed by atoms with E-state index in [9.17, 15) is 9.59 Å². The lowest BCUT2D eigenvalue weighted by Gasteiger charge is -2.25. The smallest absolute Gasteiger partial charge is 0.220 e. The second-order valence-electron chi connectivity index (χ2n) is 6.41. The fourth-order valence-electron chi connectivity index (χ4n) is 2.69. The summed E-state index contributed by atoms with van der Waals surface area (Å²) < 4.78 is 0.584. The molecule has 1 amide bonds. The normalized spacial score (nSPS) is 12.2. The van der Waals surface area contributed by atoms with Crippen molar-refractivity contribution in [2.75, 3.05) is 20.6 Å². The molecule has 0 aliphatic heterocycles. The summed E-state index contributed by atoms with van der Waals surface area (Å²) in [5.74, 6) is -0.158. The molecule has 2 aromatic rings. The van der Waals surface area contributed by atoms with Crippen LogP contribution in [0.3, 0.4) is 0 Å².